The summed E-state index contributed by atoms with van der Waals surface area (Å²) >= 11 is 3.40. The second kappa shape index (κ2) is 14.4. The molecule has 0 bridgehead atoms. The second-order valence-corrected chi connectivity index (χ2v) is 7.68. The van der Waals surface area contributed by atoms with E-state index in [-0.39, 0.29) is 26.3 Å². The van der Waals surface area contributed by atoms with E-state index < -0.39 is 7.12 Å². The Kier molecular flexibility index (Phi) is 14.0. The largest absolute Gasteiger partial charge is 1.00 e. The molecule has 0 radical (unpaired) electrons. The van der Waals surface area contributed by atoms with Crippen LogP contribution >= 0.6 is 15.9 Å². The summed E-state index contributed by atoms with van der Waals surface area (Å²) < 4.78 is 1.09. The zero-order valence-electron chi connectivity index (χ0n) is 16.3. The number of hydrogen-bond acceptors (Lipinski definition) is 4. The third-order valence-corrected chi connectivity index (χ3v) is 4.69. The number of hydrogen-bond donors (Lipinski definition) is 2. The number of nitrogens with zero attached hydrogens (tertiary/aromatic N) is 2. The van der Waals surface area contributed by atoms with Crippen molar-refractivity contribution in [2.45, 2.75) is 64.7 Å². The van der Waals surface area contributed by atoms with E-state index in [4.69, 9.17) is 10.0 Å². The van der Waals surface area contributed by atoms with E-state index in [1.54, 1.807) is 6.20 Å². The van der Waals surface area contributed by atoms with Crippen LogP contribution in [-0.4, -0.2) is 27.1 Å². The molecule has 2 saturated carbocycles. The first kappa shape index (κ1) is 27.4. The van der Waals surface area contributed by atoms with Crippen molar-refractivity contribution in [3.05, 3.63) is 59.4 Å². The SMILES string of the molecule is Brc1cncc(C2CC2)c1.C.OB(O)c1cncc(C2CC2)c1.[CH2-]CCC.[Li+]. The van der Waals surface area contributed by atoms with Gasteiger partial charge >= 0.3 is 26.0 Å². The van der Waals surface area contributed by atoms with Crippen LogP contribution in [0.1, 0.15) is 75.8 Å². The average Bonchev–Trinajstić information content (AvgIpc) is 3.54. The third kappa shape index (κ3) is 10.2. The van der Waals surface area contributed by atoms with Crippen LogP contribution in [-0.2, 0) is 0 Å². The molecule has 148 valence electrons. The molecule has 0 unspecified atom stereocenters. The minimum absolute atomic E-state index is 0. The molecule has 2 heterocycles. The summed E-state index contributed by atoms with van der Waals surface area (Å²) in [7, 11) is -1.39. The van der Waals surface area contributed by atoms with Crippen LogP contribution in [0, 0.1) is 6.92 Å². The molecule has 2 aromatic heterocycles. The zero-order chi connectivity index (χ0) is 18.9. The molecule has 2 aliphatic carbocycles. The monoisotopic (exact) mass is 440 g/mol. The van der Waals surface area contributed by atoms with Crippen molar-refractivity contribution in [1.82, 2.24) is 9.97 Å². The second-order valence-electron chi connectivity index (χ2n) is 6.76. The van der Waals surface area contributed by atoms with E-state index in [2.05, 4.69) is 45.8 Å². The Bertz CT molecular complexity index is 664. The molecule has 2 aliphatic rings. The standard InChI is InChI=1S/C8H10BNO2.C8H8BrN.C4H9.CH4.Li/c11-9(12)8-3-7(4-10-5-8)6-1-2-6;9-8-3-7(4-10-5-8)6-1-2-6;1-3-4-2;;/h3-6,11-12H,1-2H2;3-6H,1-2H2;1,3-4H2,2H3;1H4;/q;;-1;;+1. The van der Waals surface area contributed by atoms with Gasteiger partial charge in [0.05, 0.1) is 0 Å². The number of aromatic nitrogens is 2. The summed E-state index contributed by atoms with van der Waals surface area (Å²) in [6.07, 6.45) is 14.4. The molecule has 0 aromatic carbocycles. The Hall–Kier alpha value is -0.638. The molecule has 0 saturated heterocycles. The van der Waals surface area contributed by atoms with Gasteiger partial charge in [-0.15, -0.1) is 0 Å². The summed E-state index contributed by atoms with van der Waals surface area (Å²) in [6.45, 7) is 5.72. The van der Waals surface area contributed by atoms with Gasteiger partial charge in [-0.3, -0.25) is 9.97 Å². The minimum Gasteiger partial charge on any atom is -0.423 e. The molecule has 4 rings (SSSR count). The smallest absolute Gasteiger partial charge is 0.423 e. The first-order chi connectivity index (χ1) is 12.5. The molecular formula is C21H31BBrLiN2O2. The fourth-order valence-corrected chi connectivity index (χ4v) is 2.71. The van der Waals surface area contributed by atoms with Crippen LogP contribution in [0.4, 0.5) is 0 Å². The quantitative estimate of drug-likeness (QED) is 0.560. The molecule has 28 heavy (non-hydrogen) atoms. The Balaban J connectivity index is 0.000000418. The molecule has 2 N–H and O–H groups in total. The van der Waals surface area contributed by atoms with Crippen molar-refractivity contribution in [2.24, 2.45) is 0 Å². The van der Waals surface area contributed by atoms with Crippen molar-refractivity contribution in [3.8, 4) is 0 Å². The maximum atomic E-state index is 8.87. The first-order valence-corrected chi connectivity index (χ1v) is 10.0. The molecule has 0 spiro atoms. The Morgan fingerprint density at radius 2 is 1.46 bits per heavy atom. The van der Waals surface area contributed by atoms with E-state index in [0.29, 0.717) is 11.4 Å². The van der Waals surface area contributed by atoms with Crippen molar-refractivity contribution in [2.75, 3.05) is 0 Å². The zero-order valence-corrected chi connectivity index (χ0v) is 17.9. The molecular weight excluding hydrogens is 410 g/mol. The average molecular weight is 441 g/mol. The summed E-state index contributed by atoms with van der Waals surface area (Å²) in [6, 6.07) is 3.97. The van der Waals surface area contributed by atoms with Crippen LogP contribution in [0.5, 0.6) is 0 Å². The van der Waals surface area contributed by atoms with E-state index in [0.717, 1.165) is 22.4 Å². The van der Waals surface area contributed by atoms with Crippen LogP contribution in [0.25, 0.3) is 0 Å². The molecule has 0 amide bonds. The van der Waals surface area contributed by atoms with Crippen LogP contribution in [0.2, 0.25) is 0 Å². The number of pyridine rings is 2. The van der Waals surface area contributed by atoms with Crippen molar-refractivity contribution in [3.63, 3.8) is 0 Å². The topological polar surface area (TPSA) is 66.2 Å². The molecule has 0 atom stereocenters. The predicted octanol–water partition coefficient (Wildman–Crippen LogP) is 1.62. The molecule has 2 aromatic rings. The van der Waals surface area contributed by atoms with Crippen LogP contribution < -0.4 is 24.3 Å². The molecule has 4 nitrogen and oxygen atoms in total. The maximum Gasteiger partial charge on any atom is 1.00 e. The maximum absolute atomic E-state index is 8.87. The summed E-state index contributed by atoms with van der Waals surface area (Å²) in [5.41, 5.74) is 2.99. The Labute approximate surface area is 191 Å². The van der Waals surface area contributed by atoms with Crippen molar-refractivity contribution in [1.29, 1.82) is 0 Å². The van der Waals surface area contributed by atoms with E-state index >= 15 is 0 Å². The van der Waals surface area contributed by atoms with Gasteiger partial charge in [-0.2, -0.15) is 6.42 Å². The number of unbranched alkanes of at least 4 members (excludes halogenated alkanes) is 1. The van der Waals surface area contributed by atoms with Gasteiger partial charge in [-0.1, -0.05) is 26.8 Å². The summed E-state index contributed by atoms with van der Waals surface area (Å²) in [5.74, 6) is 1.42. The Morgan fingerprint density at radius 1 is 1.00 bits per heavy atom. The fraction of sp³-hybridized carbons (Fsp3) is 0.476. The van der Waals surface area contributed by atoms with Gasteiger partial charge in [-0.25, -0.2) is 0 Å². The van der Waals surface area contributed by atoms with Gasteiger partial charge in [0, 0.05) is 34.7 Å². The number of rotatable bonds is 4. The minimum atomic E-state index is -1.39. The van der Waals surface area contributed by atoms with E-state index in [9.17, 15) is 0 Å². The van der Waals surface area contributed by atoms with Crippen molar-refractivity contribution >= 4 is 28.5 Å². The summed E-state index contributed by atoms with van der Waals surface area (Å²) in [4.78, 5) is 8.05. The van der Waals surface area contributed by atoms with Gasteiger partial charge in [0.1, 0.15) is 0 Å². The van der Waals surface area contributed by atoms with Gasteiger partial charge in [0.2, 0.25) is 0 Å². The fourth-order valence-electron chi connectivity index (χ4n) is 2.33. The van der Waals surface area contributed by atoms with Crippen LogP contribution in [0.3, 0.4) is 0 Å². The molecule has 0 aliphatic heterocycles. The van der Waals surface area contributed by atoms with E-state index in [1.165, 1.54) is 43.9 Å². The van der Waals surface area contributed by atoms with Crippen LogP contribution in [0.15, 0.2) is 41.4 Å². The van der Waals surface area contributed by atoms with Gasteiger partial charge < -0.3 is 17.0 Å². The van der Waals surface area contributed by atoms with Gasteiger partial charge in [0.25, 0.3) is 0 Å². The third-order valence-electron chi connectivity index (χ3n) is 4.26. The number of halogens is 1. The van der Waals surface area contributed by atoms with Crippen molar-refractivity contribution < 1.29 is 28.9 Å². The first-order valence-electron chi connectivity index (χ1n) is 9.25. The summed E-state index contributed by atoms with van der Waals surface area (Å²) in [5, 5.41) is 17.7. The molecule has 2 fully saturated rings. The molecule has 7 heteroatoms. The van der Waals surface area contributed by atoms with E-state index in [1.807, 2.05) is 18.5 Å². The normalized spacial score (nSPS) is 14.2. The predicted molar refractivity (Wildman–Crippen MR) is 117 cm³/mol. The Morgan fingerprint density at radius 3 is 1.86 bits per heavy atom. The van der Waals surface area contributed by atoms with Gasteiger partial charge in [-0.05, 0) is 70.6 Å². The van der Waals surface area contributed by atoms with Gasteiger partial charge in [0.15, 0.2) is 0 Å².